The zero-order valence-corrected chi connectivity index (χ0v) is 20.0. The van der Waals surface area contributed by atoms with E-state index in [1.54, 1.807) is 12.1 Å². The molecular weight excluding hydrogens is 457 g/mol. The Morgan fingerprint density at radius 2 is 1.92 bits per heavy atom. The molecule has 6 rings (SSSR count). The normalized spacial score (nSPS) is 18.8. The molecule has 1 saturated carbocycles. The second-order valence-corrected chi connectivity index (χ2v) is 9.56. The third kappa shape index (κ3) is 4.18. The lowest BCUT2D eigenvalue weighted by Gasteiger charge is -2.37. The van der Waals surface area contributed by atoms with Crippen molar-refractivity contribution in [2.24, 2.45) is 5.92 Å². The summed E-state index contributed by atoms with van der Waals surface area (Å²) in [4.78, 5) is 18.7. The van der Waals surface area contributed by atoms with Crippen molar-refractivity contribution >= 4 is 5.91 Å². The van der Waals surface area contributed by atoms with Gasteiger partial charge < -0.3 is 9.64 Å². The van der Waals surface area contributed by atoms with E-state index in [-0.39, 0.29) is 17.7 Å². The Bertz CT molecular complexity index is 1410. The quantitative estimate of drug-likeness (QED) is 0.356. The number of carbonyl (C=O) groups excluding carboxylic acids is 1. The maximum Gasteiger partial charge on any atom is 0.254 e. The Morgan fingerprint density at radius 3 is 2.72 bits per heavy atom. The third-order valence-corrected chi connectivity index (χ3v) is 7.12. The lowest BCUT2D eigenvalue weighted by Crippen LogP contribution is -2.40. The fourth-order valence-corrected chi connectivity index (χ4v) is 5.10. The molecule has 1 aliphatic carbocycles. The molecule has 0 spiro atoms. The summed E-state index contributed by atoms with van der Waals surface area (Å²) in [6.07, 6.45) is 3.62. The Balaban J connectivity index is 1.10. The van der Waals surface area contributed by atoms with Gasteiger partial charge in [0, 0.05) is 30.4 Å². The first-order chi connectivity index (χ1) is 17.6. The molecule has 3 heterocycles. The first-order valence-electron chi connectivity index (χ1n) is 12.2. The summed E-state index contributed by atoms with van der Waals surface area (Å²) >= 11 is 0. The van der Waals surface area contributed by atoms with Crippen molar-refractivity contribution in [2.75, 3.05) is 6.54 Å². The summed E-state index contributed by atoms with van der Waals surface area (Å²) in [5, 5.41) is 8.44. The maximum absolute atomic E-state index is 14.2. The zero-order valence-electron chi connectivity index (χ0n) is 20.0. The number of aromatic nitrogens is 4. The molecule has 0 bridgehead atoms. The highest BCUT2D eigenvalue weighted by Crippen LogP contribution is 2.35. The highest BCUT2D eigenvalue weighted by molar-refractivity contribution is 5.99. The minimum absolute atomic E-state index is 0.0722. The van der Waals surface area contributed by atoms with Crippen LogP contribution >= 0.6 is 0 Å². The van der Waals surface area contributed by atoms with E-state index in [1.165, 1.54) is 16.4 Å². The second kappa shape index (κ2) is 9.28. The van der Waals surface area contributed by atoms with E-state index in [2.05, 4.69) is 27.4 Å². The van der Waals surface area contributed by atoms with Crippen LogP contribution < -0.4 is 0 Å². The average Bonchev–Trinajstić information content (AvgIpc) is 3.40. The van der Waals surface area contributed by atoms with E-state index in [0.717, 1.165) is 36.1 Å². The number of benzene rings is 2. The fourth-order valence-electron chi connectivity index (χ4n) is 5.10. The van der Waals surface area contributed by atoms with Gasteiger partial charge >= 0.3 is 0 Å². The molecule has 2 aromatic heterocycles. The number of rotatable bonds is 7. The molecule has 0 N–H and O–H groups in total. The van der Waals surface area contributed by atoms with E-state index in [4.69, 9.17) is 4.74 Å². The standard InChI is InChI=1S/C28H26FN5O2/c1-18-26(31-32-34(18)25-8-5-11-30-27(25)29)21-9-10-24-22(14-21)16-33(28(24)35)15-20-12-23(13-20)36-17-19-6-3-2-4-7-19/h2-11,14,20,23H,12-13,15-17H2,1H3. The molecule has 0 unspecified atom stereocenters. The Hall–Kier alpha value is -3.91. The van der Waals surface area contributed by atoms with Crippen molar-refractivity contribution in [3.05, 3.63) is 95.2 Å². The molecular formula is C28H26FN5O2. The van der Waals surface area contributed by atoms with Crippen LogP contribution in [0.3, 0.4) is 0 Å². The predicted molar refractivity (Wildman–Crippen MR) is 132 cm³/mol. The van der Waals surface area contributed by atoms with Crippen LogP contribution in [0.1, 0.15) is 40.0 Å². The van der Waals surface area contributed by atoms with Crippen LogP contribution in [-0.4, -0.2) is 43.4 Å². The molecule has 1 fully saturated rings. The smallest absolute Gasteiger partial charge is 0.254 e. The summed E-state index contributed by atoms with van der Waals surface area (Å²) in [5.41, 5.74) is 5.37. The molecule has 0 radical (unpaired) electrons. The summed E-state index contributed by atoms with van der Waals surface area (Å²) in [7, 11) is 0. The number of ether oxygens (including phenoxy) is 1. The van der Waals surface area contributed by atoms with Crippen molar-refractivity contribution in [1.29, 1.82) is 0 Å². The van der Waals surface area contributed by atoms with Gasteiger partial charge in [0.2, 0.25) is 5.95 Å². The molecule has 2 aliphatic rings. The van der Waals surface area contributed by atoms with Crippen molar-refractivity contribution < 1.29 is 13.9 Å². The minimum Gasteiger partial charge on any atom is -0.374 e. The number of hydrogen-bond donors (Lipinski definition) is 0. The SMILES string of the molecule is Cc1c(-c2ccc3c(c2)CN(CC2CC(OCc4ccccc4)C2)C3=O)nnn1-c1cccnc1F. The molecule has 7 nitrogen and oxygen atoms in total. The highest BCUT2D eigenvalue weighted by Gasteiger charge is 2.35. The number of pyridine rings is 1. The van der Waals surface area contributed by atoms with Crippen molar-refractivity contribution in [3.63, 3.8) is 0 Å². The summed E-state index contributed by atoms with van der Waals surface area (Å²) in [6, 6.07) is 19.2. The number of hydrogen-bond acceptors (Lipinski definition) is 5. The van der Waals surface area contributed by atoms with Gasteiger partial charge in [0.05, 0.1) is 18.4 Å². The van der Waals surface area contributed by atoms with Crippen LogP contribution in [-0.2, 0) is 17.9 Å². The van der Waals surface area contributed by atoms with Crippen LogP contribution in [0, 0.1) is 18.8 Å². The molecule has 2 aromatic carbocycles. The Labute approximate surface area is 208 Å². The fraction of sp³-hybridized carbons (Fsp3) is 0.286. The molecule has 0 saturated heterocycles. The van der Waals surface area contributed by atoms with Gasteiger partial charge in [-0.3, -0.25) is 4.79 Å². The molecule has 182 valence electrons. The van der Waals surface area contributed by atoms with Gasteiger partial charge in [-0.25, -0.2) is 9.67 Å². The van der Waals surface area contributed by atoms with Gasteiger partial charge in [0.1, 0.15) is 11.4 Å². The van der Waals surface area contributed by atoms with Crippen LogP contribution in [0.5, 0.6) is 0 Å². The largest absolute Gasteiger partial charge is 0.374 e. The molecule has 36 heavy (non-hydrogen) atoms. The third-order valence-electron chi connectivity index (χ3n) is 7.12. The van der Waals surface area contributed by atoms with E-state index in [0.29, 0.717) is 30.5 Å². The first-order valence-corrected chi connectivity index (χ1v) is 12.2. The van der Waals surface area contributed by atoms with Gasteiger partial charge in [0.25, 0.3) is 5.91 Å². The summed E-state index contributed by atoms with van der Waals surface area (Å²) < 4.78 is 21.6. The summed E-state index contributed by atoms with van der Waals surface area (Å²) in [5.74, 6) is -0.0704. The van der Waals surface area contributed by atoms with E-state index in [1.807, 2.05) is 48.2 Å². The van der Waals surface area contributed by atoms with Gasteiger partial charge in [-0.15, -0.1) is 5.10 Å². The molecule has 1 aliphatic heterocycles. The Morgan fingerprint density at radius 1 is 1.08 bits per heavy atom. The van der Waals surface area contributed by atoms with E-state index in [9.17, 15) is 9.18 Å². The van der Waals surface area contributed by atoms with Crippen LogP contribution in [0.15, 0.2) is 66.9 Å². The molecule has 0 atom stereocenters. The van der Waals surface area contributed by atoms with Gasteiger partial charge in [-0.05, 0) is 61.1 Å². The number of carbonyl (C=O) groups is 1. The number of halogens is 1. The lowest BCUT2D eigenvalue weighted by molar-refractivity contribution is -0.0462. The predicted octanol–water partition coefficient (Wildman–Crippen LogP) is 4.73. The topological polar surface area (TPSA) is 73.1 Å². The second-order valence-electron chi connectivity index (χ2n) is 9.56. The minimum atomic E-state index is -0.601. The van der Waals surface area contributed by atoms with Gasteiger partial charge in [-0.1, -0.05) is 41.6 Å². The molecule has 1 amide bonds. The maximum atomic E-state index is 14.2. The molecule has 8 heteroatoms. The molecule has 4 aromatic rings. The zero-order chi connectivity index (χ0) is 24.6. The van der Waals surface area contributed by atoms with Crippen LogP contribution in [0.4, 0.5) is 4.39 Å². The number of amides is 1. The van der Waals surface area contributed by atoms with Crippen LogP contribution in [0.2, 0.25) is 0 Å². The Kier molecular flexibility index (Phi) is 5.81. The average molecular weight is 484 g/mol. The van der Waals surface area contributed by atoms with Crippen molar-refractivity contribution in [2.45, 2.75) is 39.0 Å². The first kappa shape index (κ1) is 22.5. The summed E-state index contributed by atoms with van der Waals surface area (Å²) in [6.45, 7) is 3.80. The van der Waals surface area contributed by atoms with E-state index >= 15 is 0 Å². The van der Waals surface area contributed by atoms with E-state index < -0.39 is 5.95 Å². The monoisotopic (exact) mass is 483 g/mol. The number of fused-ring (bicyclic) bond motifs is 1. The van der Waals surface area contributed by atoms with Gasteiger partial charge in [-0.2, -0.15) is 4.39 Å². The lowest BCUT2D eigenvalue weighted by atomic mass is 9.82. The number of nitrogens with zero attached hydrogens (tertiary/aromatic N) is 5. The van der Waals surface area contributed by atoms with Crippen molar-refractivity contribution in [1.82, 2.24) is 24.9 Å². The van der Waals surface area contributed by atoms with Gasteiger partial charge in [0.15, 0.2) is 0 Å². The highest BCUT2D eigenvalue weighted by atomic mass is 19.1. The van der Waals surface area contributed by atoms with Crippen LogP contribution in [0.25, 0.3) is 16.9 Å². The van der Waals surface area contributed by atoms with Crippen molar-refractivity contribution in [3.8, 4) is 16.9 Å².